The molecule has 1 saturated heterocycles. The van der Waals surface area contributed by atoms with Crippen molar-refractivity contribution < 1.29 is 27.4 Å². The van der Waals surface area contributed by atoms with Gasteiger partial charge >= 0.3 is 6.18 Å². The Morgan fingerprint density at radius 3 is 2.50 bits per heavy atom. The van der Waals surface area contributed by atoms with Gasteiger partial charge in [0.05, 0.1) is 23.0 Å². The number of likely N-dealkylation sites (tertiary alicyclic amines) is 1. The number of hydrogen-bond acceptors (Lipinski definition) is 3. The molecule has 1 amide bonds. The molecule has 2 aromatic carbocycles. The highest BCUT2D eigenvalue weighted by molar-refractivity contribution is 5.94. The number of nitrogens with zero attached hydrogens (tertiary/aromatic N) is 2. The average molecular weight is 470 g/mol. The van der Waals surface area contributed by atoms with E-state index in [1.54, 1.807) is 18.7 Å². The number of carbonyl (C=O) groups excluding carboxylic acids is 1. The van der Waals surface area contributed by atoms with Gasteiger partial charge in [-0.25, -0.2) is 0 Å². The third kappa shape index (κ3) is 3.81. The molecule has 0 bridgehead atoms. The summed E-state index contributed by atoms with van der Waals surface area (Å²) < 4.78 is 54.8. The van der Waals surface area contributed by atoms with E-state index in [1.807, 2.05) is 42.6 Å². The summed E-state index contributed by atoms with van der Waals surface area (Å²) in [6.45, 7) is 4.06. The quantitative estimate of drug-likeness (QED) is 0.486. The molecular weight excluding hydrogens is 445 g/mol. The molecule has 8 heteroatoms. The van der Waals surface area contributed by atoms with E-state index in [0.29, 0.717) is 25.9 Å². The summed E-state index contributed by atoms with van der Waals surface area (Å²) in [6, 6.07) is 15.3. The minimum atomic E-state index is -4.62. The molecular formula is C26H25F3N2O3. The predicted octanol–water partition coefficient (Wildman–Crippen LogP) is 5.81. The van der Waals surface area contributed by atoms with E-state index in [9.17, 15) is 18.0 Å². The summed E-state index contributed by atoms with van der Waals surface area (Å²) in [5, 5.41) is 0. The molecule has 3 heterocycles. The van der Waals surface area contributed by atoms with Crippen LogP contribution in [-0.4, -0.2) is 34.6 Å². The minimum Gasteiger partial charge on any atom is -0.490 e. The van der Waals surface area contributed by atoms with Gasteiger partial charge in [-0.1, -0.05) is 12.1 Å². The van der Waals surface area contributed by atoms with E-state index < -0.39 is 29.4 Å². The van der Waals surface area contributed by atoms with Crippen molar-refractivity contribution in [3.8, 4) is 17.2 Å². The van der Waals surface area contributed by atoms with Crippen LogP contribution in [0.25, 0.3) is 5.69 Å². The van der Waals surface area contributed by atoms with E-state index in [-0.39, 0.29) is 11.3 Å². The van der Waals surface area contributed by atoms with E-state index in [1.165, 1.54) is 12.1 Å². The Balaban J connectivity index is 1.37. The van der Waals surface area contributed by atoms with Crippen LogP contribution in [0.1, 0.15) is 48.3 Å². The molecule has 0 radical (unpaired) electrons. The summed E-state index contributed by atoms with van der Waals surface area (Å²) in [5.74, 6) is 0.0799. The number of benzene rings is 2. The molecule has 0 aliphatic carbocycles. The van der Waals surface area contributed by atoms with Crippen molar-refractivity contribution in [2.75, 3.05) is 13.1 Å². The second-order valence-electron chi connectivity index (χ2n) is 9.00. The lowest BCUT2D eigenvalue weighted by Crippen LogP contribution is -2.50. The highest BCUT2D eigenvalue weighted by atomic mass is 19.4. The number of ether oxygens (including phenoxy) is 2. The highest BCUT2D eigenvalue weighted by Gasteiger charge is 2.45. The average Bonchev–Trinajstić information content (AvgIpc) is 3.30. The molecule has 1 fully saturated rings. The molecule has 0 atom stereocenters. The molecule has 0 N–H and O–H groups in total. The van der Waals surface area contributed by atoms with Crippen LogP contribution >= 0.6 is 0 Å². The standard InChI is InChI=1S/C26H25F3N2O3/c1-17(2)33-21-10-9-18(16-19(21)26(27,28)29)24(32)30-14-11-25(12-15-30)23-8-5-13-31(23)20-6-3-4-7-22(20)34-25/h3-10,13,16-17H,11-12,14-15H2,1-2H3. The number of piperidine rings is 1. The van der Waals surface area contributed by atoms with Crippen molar-refractivity contribution >= 4 is 5.91 Å². The van der Waals surface area contributed by atoms with Crippen LogP contribution in [0, 0.1) is 0 Å². The largest absolute Gasteiger partial charge is 0.490 e. The van der Waals surface area contributed by atoms with Crippen LogP contribution in [0.5, 0.6) is 11.5 Å². The number of alkyl halides is 3. The van der Waals surface area contributed by atoms with Crippen LogP contribution in [-0.2, 0) is 11.8 Å². The van der Waals surface area contributed by atoms with Crippen molar-refractivity contribution in [1.82, 2.24) is 9.47 Å². The number of carbonyl (C=O) groups is 1. The topological polar surface area (TPSA) is 43.7 Å². The van der Waals surface area contributed by atoms with Crippen molar-refractivity contribution in [3.63, 3.8) is 0 Å². The Bertz CT molecular complexity index is 1220. The molecule has 0 unspecified atom stereocenters. The fraction of sp³-hybridized carbons (Fsp3) is 0.346. The van der Waals surface area contributed by atoms with Crippen LogP contribution in [0.3, 0.4) is 0 Å². The van der Waals surface area contributed by atoms with Gasteiger partial charge in [0.15, 0.2) is 5.60 Å². The molecule has 5 nitrogen and oxygen atoms in total. The Hall–Kier alpha value is -3.42. The third-order valence-electron chi connectivity index (χ3n) is 6.40. The SMILES string of the molecule is CC(C)Oc1ccc(C(=O)N2CCC3(CC2)Oc2ccccc2-n2cccc23)cc1C(F)(F)F. The summed E-state index contributed by atoms with van der Waals surface area (Å²) in [6.07, 6.45) is -1.97. The van der Waals surface area contributed by atoms with Crippen molar-refractivity contribution in [3.05, 3.63) is 77.6 Å². The maximum Gasteiger partial charge on any atom is 0.419 e. The van der Waals surface area contributed by atoms with Gasteiger partial charge in [0, 0.05) is 37.7 Å². The minimum absolute atomic E-state index is 0.00216. The summed E-state index contributed by atoms with van der Waals surface area (Å²) in [4.78, 5) is 14.7. The monoisotopic (exact) mass is 470 g/mol. The number of halogens is 3. The molecule has 2 aliphatic heterocycles. The first-order chi connectivity index (χ1) is 16.2. The molecule has 0 saturated carbocycles. The van der Waals surface area contributed by atoms with E-state index in [2.05, 4.69) is 4.57 Å². The van der Waals surface area contributed by atoms with Gasteiger partial charge in [0.2, 0.25) is 0 Å². The molecule has 1 spiro atoms. The van der Waals surface area contributed by atoms with Gasteiger partial charge in [-0.05, 0) is 56.3 Å². The summed E-state index contributed by atoms with van der Waals surface area (Å²) in [7, 11) is 0. The first-order valence-electron chi connectivity index (χ1n) is 11.3. The molecule has 178 valence electrons. The van der Waals surface area contributed by atoms with Crippen molar-refractivity contribution in [1.29, 1.82) is 0 Å². The Morgan fingerprint density at radius 1 is 1.06 bits per heavy atom. The molecule has 3 aromatic rings. The Kier molecular flexibility index (Phi) is 5.34. The van der Waals surface area contributed by atoms with Gasteiger partial charge in [-0.3, -0.25) is 4.79 Å². The Labute approximate surface area is 195 Å². The fourth-order valence-electron chi connectivity index (χ4n) is 4.82. The maximum absolute atomic E-state index is 13.6. The van der Waals surface area contributed by atoms with Gasteiger partial charge in [0.25, 0.3) is 5.91 Å². The second kappa shape index (κ2) is 8.11. The van der Waals surface area contributed by atoms with E-state index in [4.69, 9.17) is 9.47 Å². The summed E-state index contributed by atoms with van der Waals surface area (Å²) >= 11 is 0. The van der Waals surface area contributed by atoms with Gasteiger partial charge in [-0.15, -0.1) is 0 Å². The first-order valence-corrected chi connectivity index (χ1v) is 11.3. The second-order valence-corrected chi connectivity index (χ2v) is 9.00. The first kappa shape index (κ1) is 22.4. The zero-order valence-corrected chi connectivity index (χ0v) is 18.9. The lowest BCUT2D eigenvalue weighted by atomic mass is 9.86. The molecule has 5 rings (SSSR count). The fourth-order valence-corrected chi connectivity index (χ4v) is 4.82. The zero-order chi connectivity index (χ0) is 24.1. The molecule has 1 aromatic heterocycles. The lowest BCUT2D eigenvalue weighted by molar-refractivity contribution is -0.139. The normalized spacial score (nSPS) is 16.7. The van der Waals surface area contributed by atoms with Gasteiger partial charge in [-0.2, -0.15) is 13.2 Å². The number of hydrogen-bond donors (Lipinski definition) is 0. The number of para-hydroxylation sites is 2. The maximum atomic E-state index is 13.6. The number of aromatic nitrogens is 1. The number of amides is 1. The highest BCUT2D eigenvalue weighted by Crippen LogP contribution is 2.45. The zero-order valence-electron chi connectivity index (χ0n) is 18.9. The predicted molar refractivity (Wildman–Crippen MR) is 120 cm³/mol. The smallest absolute Gasteiger partial charge is 0.419 e. The number of fused-ring (bicyclic) bond motifs is 4. The van der Waals surface area contributed by atoms with Crippen LogP contribution < -0.4 is 9.47 Å². The van der Waals surface area contributed by atoms with Crippen LogP contribution in [0.2, 0.25) is 0 Å². The van der Waals surface area contributed by atoms with Crippen LogP contribution in [0.4, 0.5) is 13.2 Å². The van der Waals surface area contributed by atoms with E-state index >= 15 is 0 Å². The van der Waals surface area contributed by atoms with E-state index in [0.717, 1.165) is 23.2 Å². The van der Waals surface area contributed by atoms with Crippen molar-refractivity contribution in [2.45, 2.75) is 44.6 Å². The van der Waals surface area contributed by atoms with Crippen molar-refractivity contribution in [2.24, 2.45) is 0 Å². The van der Waals surface area contributed by atoms with Gasteiger partial charge < -0.3 is 18.9 Å². The molecule has 2 aliphatic rings. The third-order valence-corrected chi connectivity index (χ3v) is 6.40. The summed E-state index contributed by atoms with van der Waals surface area (Å²) in [5.41, 5.74) is 0.465. The Morgan fingerprint density at radius 2 is 1.79 bits per heavy atom. The van der Waals surface area contributed by atoms with Gasteiger partial charge in [0.1, 0.15) is 11.5 Å². The van der Waals surface area contributed by atoms with Crippen LogP contribution in [0.15, 0.2) is 60.8 Å². The lowest BCUT2D eigenvalue weighted by Gasteiger charge is -2.45. The molecule has 34 heavy (non-hydrogen) atoms. The number of rotatable bonds is 3.